The molecule has 140 valence electrons. The summed E-state index contributed by atoms with van der Waals surface area (Å²) in [6, 6.07) is 14.8. The normalized spacial score (nSPS) is 14.5. The van der Waals surface area contributed by atoms with Crippen LogP contribution in [0.1, 0.15) is 21.7 Å². The molecule has 0 aliphatic carbocycles. The van der Waals surface area contributed by atoms with Gasteiger partial charge in [-0.3, -0.25) is 9.59 Å². The minimum absolute atomic E-state index is 0.272. The largest absolute Gasteiger partial charge is 0.467 e. The van der Waals surface area contributed by atoms with Gasteiger partial charge in [0.25, 0.3) is 11.8 Å². The maximum absolute atomic E-state index is 13.8. The van der Waals surface area contributed by atoms with Gasteiger partial charge in [-0.1, -0.05) is 30.0 Å². The fraction of sp³-hybridized carbons (Fsp3) is 0.0476. The highest BCUT2D eigenvalue weighted by atomic mass is 32.2. The molecule has 0 radical (unpaired) electrons. The van der Waals surface area contributed by atoms with Crippen molar-refractivity contribution in [3.63, 3.8) is 0 Å². The first-order valence-corrected chi connectivity index (χ1v) is 9.32. The van der Waals surface area contributed by atoms with Gasteiger partial charge in [0.1, 0.15) is 11.6 Å². The highest BCUT2D eigenvalue weighted by Gasteiger charge is 2.22. The third kappa shape index (κ3) is 3.84. The summed E-state index contributed by atoms with van der Waals surface area (Å²) in [4.78, 5) is 25.9. The summed E-state index contributed by atoms with van der Waals surface area (Å²) < 4.78 is 19.0. The van der Waals surface area contributed by atoms with Crippen LogP contribution in [0.3, 0.4) is 0 Å². The smallest absolute Gasteiger partial charge is 0.262 e. The number of nitrogens with one attached hydrogen (secondary N) is 2. The zero-order valence-corrected chi connectivity index (χ0v) is 15.4. The maximum atomic E-state index is 13.8. The standard InChI is InChI=1S/C21H15FN2O3S/c22-16-6-2-1-4-13(16)11-19-21(26)24-17-10-14(7-8-18(17)28-19)20(25)23-12-15-5-3-9-27-15/h1-11H,12H2,(H,23,25)(H,24,26). The number of carbonyl (C=O) groups is 2. The molecular weight excluding hydrogens is 379 g/mol. The Morgan fingerprint density at radius 2 is 2.04 bits per heavy atom. The van der Waals surface area contributed by atoms with Crippen LogP contribution >= 0.6 is 11.8 Å². The minimum atomic E-state index is -0.391. The van der Waals surface area contributed by atoms with Crippen LogP contribution < -0.4 is 10.6 Å². The number of carbonyl (C=O) groups excluding carboxylic acids is 2. The van der Waals surface area contributed by atoms with Crippen LogP contribution in [0.15, 0.2) is 75.1 Å². The van der Waals surface area contributed by atoms with Gasteiger partial charge in [-0.15, -0.1) is 0 Å². The number of hydrogen-bond acceptors (Lipinski definition) is 4. The van der Waals surface area contributed by atoms with E-state index in [2.05, 4.69) is 10.6 Å². The van der Waals surface area contributed by atoms with Crippen molar-refractivity contribution < 1.29 is 18.4 Å². The van der Waals surface area contributed by atoms with Crippen molar-refractivity contribution >= 4 is 35.3 Å². The predicted octanol–water partition coefficient (Wildman–Crippen LogP) is 4.43. The Morgan fingerprint density at radius 1 is 1.18 bits per heavy atom. The van der Waals surface area contributed by atoms with E-state index in [-0.39, 0.29) is 18.4 Å². The quantitative estimate of drug-likeness (QED) is 0.642. The van der Waals surface area contributed by atoms with Crippen LogP contribution in [0.4, 0.5) is 10.1 Å². The number of benzene rings is 2. The van der Waals surface area contributed by atoms with Gasteiger partial charge in [0, 0.05) is 16.0 Å². The van der Waals surface area contributed by atoms with Crippen molar-refractivity contribution in [2.45, 2.75) is 11.4 Å². The Morgan fingerprint density at radius 3 is 2.82 bits per heavy atom. The number of amides is 2. The number of furan rings is 1. The Labute approximate surface area is 164 Å². The molecule has 2 heterocycles. The van der Waals surface area contributed by atoms with Crippen molar-refractivity contribution in [1.29, 1.82) is 0 Å². The number of halogens is 1. The first kappa shape index (κ1) is 18.1. The zero-order valence-electron chi connectivity index (χ0n) is 14.6. The molecule has 0 fully saturated rings. The highest BCUT2D eigenvalue weighted by Crippen LogP contribution is 2.39. The molecule has 2 amide bonds. The summed E-state index contributed by atoms with van der Waals surface area (Å²) in [5.41, 5.74) is 1.32. The van der Waals surface area contributed by atoms with Crippen molar-refractivity contribution in [3.05, 3.63) is 88.5 Å². The van der Waals surface area contributed by atoms with E-state index in [4.69, 9.17) is 4.42 Å². The van der Waals surface area contributed by atoms with Crippen molar-refractivity contribution in [1.82, 2.24) is 5.32 Å². The SMILES string of the molecule is O=C1Nc2cc(C(=O)NCc3ccco3)ccc2SC1=Cc1ccccc1F. The summed E-state index contributed by atoms with van der Waals surface area (Å²) in [6.45, 7) is 0.277. The van der Waals surface area contributed by atoms with Gasteiger partial charge in [-0.2, -0.15) is 0 Å². The lowest BCUT2D eigenvalue weighted by Crippen LogP contribution is -2.23. The van der Waals surface area contributed by atoms with Crippen LogP contribution in [0.2, 0.25) is 0 Å². The fourth-order valence-corrected chi connectivity index (χ4v) is 3.64. The lowest BCUT2D eigenvalue weighted by Gasteiger charge is -2.19. The topological polar surface area (TPSA) is 71.3 Å². The molecule has 28 heavy (non-hydrogen) atoms. The van der Waals surface area contributed by atoms with E-state index in [1.807, 2.05) is 0 Å². The first-order chi connectivity index (χ1) is 13.6. The molecule has 7 heteroatoms. The molecule has 0 bridgehead atoms. The van der Waals surface area contributed by atoms with Gasteiger partial charge in [-0.05, 0) is 42.5 Å². The van der Waals surface area contributed by atoms with E-state index >= 15 is 0 Å². The maximum Gasteiger partial charge on any atom is 0.262 e. The predicted molar refractivity (Wildman–Crippen MR) is 105 cm³/mol. The molecule has 3 aromatic rings. The third-order valence-corrected chi connectivity index (χ3v) is 5.23. The van der Waals surface area contributed by atoms with Crippen LogP contribution in [0.25, 0.3) is 6.08 Å². The zero-order chi connectivity index (χ0) is 19.5. The molecule has 0 atom stereocenters. The molecule has 2 aromatic carbocycles. The monoisotopic (exact) mass is 394 g/mol. The average Bonchev–Trinajstić information content (AvgIpc) is 3.21. The van der Waals surface area contributed by atoms with Gasteiger partial charge >= 0.3 is 0 Å². The molecule has 2 N–H and O–H groups in total. The molecule has 1 aromatic heterocycles. The second-order valence-electron chi connectivity index (χ2n) is 6.06. The third-order valence-electron chi connectivity index (χ3n) is 4.13. The second-order valence-corrected chi connectivity index (χ2v) is 7.14. The van der Waals surface area contributed by atoms with E-state index in [1.54, 1.807) is 54.8 Å². The van der Waals surface area contributed by atoms with Crippen molar-refractivity contribution in [3.8, 4) is 0 Å². The van der Waals surface area contributed by atoms with Crippen LogP contribution in [0, 0.1) is 5.82 Å². The fourth-order valence-electron chi connectivity index (χ4n) is 2.72. The molecule has 4 rings (SSSR count). The Hall–Kier alpha value is -3.32. The first-order valence-electron chi connectivity index (χ1n) is 8.50. The molecule has 0 saturated heterocycles. The Balaban J connectivity index is 1.52. The minimum Gasteiger partial charge on any atom is -0.467 e. The van der Waals surface area contributed by atoms with Gasteiger partial charge < -0.3 is 15.1 Å². The molecule has 1 aliphatic rings. The average molecular weight is 394 g/mol. The van der Waals surface area contributed by atoms with Crippen LogP contribution in [-0.4, -0.2) is 11.8 Å². The molecule has 1 aliphatic heterocycles. The van der Waals surface area contributed by atoms with E-state index < -0.39 is 5.82 Å². The molecule has 5 nitrogen and oxygen atoms in total. The van der Waals surface area contributed by atoms with Gasteiger partial charge in [0.05, 0.1) is 23.4 Å². The van der Waals surface area contributed by atoms with Crippen LogP contribution in [-0.2, 0) is 11.3 Å². The van der Waals surface area contributed by atoms with E-state index in [1.165, 1.54) is 23.9 Å². The second kappa shape index (κ2) is 7.74. The summed E-state index contributed by atoms with van der Waals surface area (Å²) in [6.07, 6.45) is 3.06. The molecule has 0 saturated carbocycles. The number of hydrogen-bond donors (Lipinski definition) is 2. The van der Waals surface area contributed by atoms with E-state index in [0.29, 0.717) is 27.5 Å². The van der Waals surface area contributed by atoms with E-state index in [9.17, 15) is 14.0 Å². The number of thioether (sulfide) groups is 1. The summed E-state index contributed by atoms with van der Waals surface area (Å²) >= 11 is 1.24. The van der Waals surface area contributed by atoms with Gasteiger partial charge in [-0.25, -0.2) is 4.39 Å². The lowest BCUT2D eigenvalue weighted by molar-refractivity contribution is -0.112. The summed E-state index contributed by atoms with van der Waals surface area (Å²) in [5, 5.41) is 5.53. The van der Waals surface area contributed by atoms with Crippen molar-refractivity contribution in [2.75, 3.05) is 5.32 Å². The summed E-state index contributed by atoms with van der Waals surface area (Å²) in [7, 11) is 0. The molecule has 0 unspecified atom stereocenters. The number of rotatable bonds is 4. The summed E-state index contributed by atoms with van der Waals surface area (Å²) in [5.74, 6) is -0.351. The Bertz CT molecular complexity index is 1080. The van der Waals surface area contributed by atoms with Gasteiger partial charge in [0.2, 0.25) is 0 Å². The molecule has 0 spiro atoms. The van der Waals surface area contributed by atoms with Crippen molar-refractivity contribution in [2.24, 2.45) is 0 Å². The Kier molecular flexibility index (Phi) is 4.99. The highest BCUT2D eigenvalue weighted by molar-refractivity contribution is 8.04. The van der Waals surface area contributed by atoms with E-state index in [0.717, 1.165) is 4.90 Å². The number of fused-ring (bicyclic) bond motifs is 1. The number of anilines is 1. The molecular formula is C21H15FN2O3S. The van der Waals surface area contributed by atoms with Gasteiger partial charge in [0.15, 0.2) is 0 Å². The lowest BCUT2D eigenvalue weighted by atomic mass is 10.1. The van der Waals surface area contributed by atoms with Crippen LogP contribution in [0.5, 0.6) is 0 Å².